The van der Waals surface area contributed by atoms with Crippen LogP contribution < -0.4 is 15.4 Å². The Bertz CT molecular complexity index is 889. The fourth-order valence-electron chi connectivity index (χ4n) is 5.48. The van der Waals surface area contributed by atoms with Gasteiger partial charge in [-0.25, -0.2) is 0 Å². The van der Waals surface area contributed by atoms with Crippen LogP contribution in [0.2, 0.25) is 0 Å². The van der Waals surface area contributed by atoms with Crippen LogP contribution in [0, 0.1) is 11.8 Å². The van der Waals surface area contributed by atoms with E-state index in [1.54, 1.807) is 0 Å². The first-order valence-electron chi connectivity index (χ1n) is 14.9. The molecule has 0 aromatic rings. The van der Waals surface area contributed by atoms with Crippen LogP contribution in [0.1, 0.15) is 85.0 Å². The molecule has 2 aliphatic rings. The van der Waals surface area contributed by atoms with Gasteiger partial charge in [0.1, 0.15) is 18.2 Å². The molecule has 0 aromatic heterocycles. The van der Waals surface area contributed by atoms with Gasteiger partial charge in [-0.05, 0) is 37.5 Å². The molecule has 5 N–H and O–H groups in total. The molecule has 0 radical (unpaired) electrons. The van der Waals surface area contributed by atoms with Crippen molar-refractivity contribution >= 4 is 22.0 Å². The Labute approximate surface area is 240 Å². The van der Waals surface area contributed by atoms with Crippen LogP contribution >= 0.6 is 0 Å². The Morgan fingerprint density at radius 3 is 2.25 bits per heavy atom. The lowest BCUT2D eigenvalue weighted by molar-refractivity contribution is -0.131. The predicted octanol–water partition coefficient (Wildman–Crippen LogP) is 1.61. The molecule has 0 spiro atoms. The van der Waals surface area contributed by atoms with Crippen molar-refractivity contribution in [1.29, 1.82) is 0 Å². The summed E-state index contributed by atoms with van der Waals surface area (Å²) < 4.78 is 34.8. The van der Waals surface area contributed by atoms with E-state index in [9.17, 15) is 28.2 Å². The van der Waals surface area contributed by atoms with Crippen molar-refractivity contribution < 1.29 is 33.0 Å². The molecule has 1 aliphatic carbocycles. The number of carbonyl (C=O) groups is 2. The van der Waals surface area contributed by atoms with Crippen LogP contribution in [-0.4, -0.2) is 91.4 Å². The van der Waals surface area contributed by atoms with Crippen molar-refractivity contribution in [2.24, 2.45) is 11.8 Å². The predicted molar refractivity (Wildman–Crippen MR) is 154 cm³/mol. The third kappa shape index (κ3) is 11.4. The molecule has 1 aliphatic heterocycles. The number of morpholine rings is 1. The lowest BCUT2D eigenvalue weighted by Gasteiger charge is -2.34. The number of amides is 2. The van der Waals surface area contributed by atoms with Gasteiger partial charge in [0.2, 0.25) is 11.8 Å². The smallest absolute Gasteiger partial charge is 0.280 e. The van der Waals surface area contributed by atoms with E-state index in [0.29, 0.717) is 25.2 Å². The minimum atomic E-state index is -3.92. The molecule has 0 unspecified atom stereocenters. The summed E-state index contributed by atoms with van der Waals surface area (Å²) in [4.78, 5) is 26.7. The Hall–Kier alpha value is -1.57. The summed E-state index contributed by atoms with van der Waals surface area (Å²) in [5.74, 6) is -0.614. The molecule has 1 saturated heterocycles. The fourth-order valence-corrected chi connectivity index (χ4v) is 6.85. The van der Waals surface area contributed by atoms with E-state index in [2.05, 4.69) is 21.9 Å². The summed E-state index contributed by atoms with van der Waals surface area (Å²) in [5.41, 5.74) is 0. The van der Waals surface area contributed by atoms with E-state index in [0.717, 1.165) is 25.7 Å². The highest BCUT2D eigenvalue weighted by Gasteiger charge is 2.35. The van der Waals surface area contributed by atoms with E-state index in [1.165, 1.54) is 16.8 Å². The van der Waals surface area contributed by atoms with Gasteiger partial charge >= 0.3 is 0 Å². The van der Waals surface area contributed by atoms with Crippen molar-refractivity contribution in [3.05, 3.63) is 12.7 Å². The van der Waals surface area contributed by atoms with Crippen LogP contribution in [0.5, 0.6) is 0 Å². The summed E-state index contributed by atoms with van der Waals surface area (Å²) >= 11 is 0. The van der Waals surface area contributed by atoms with Gasteiger partial charge < -0.3 is 25.6 Å². The third-order valence-electron chi connectivity index (χ3n) is 7.69. The van der Waals surface area contributed by atoms with E-state index < -0.39 is 52.4 Å². The van der Waals surface area contributed by atoms with Gasteiger partial charge in [0.25, 0.3) is 10.2 Å². The highest BCUT2D eigenvalue weighted by atomic mass is 32.2. The van der Waals surface area contributed by atoms with Gasteiger partial charge in [0.05, 0.1) is 25.4 Å². The molecule has 0 bridgehead atoms. The van der Waals surface area contributed by atoms with E-state index in [4.69, 9.17) is 4.74 Å². The molecule has 2 amide bonds. The molecule has 1 heterocycles. The zero-order chi connectivity index (χ0) is 29.7. The van der Waals surface area contributed by atoms with Crippen LogP contribution in [0.4, 0.5) is 0 Å². The van der Waals surface area contributed by atoms with E-state index in [1.807, 2.05) is 20.8 Å². The summed E-state index contributed by atoms with van der Waals surface area (Å²) in [6, 6.07) is -2.75. The van der Waals surface area contributed by atoms with Gasteiger partial charge in [-0.3, -0.25) is 9.59 Å². The van der Waals surface area contributed by atoms with Crippen molar-refractivity contribution in [3.8, 4) is 0 Å². The first-order chi connectivity index (χ1) is 19.0. The summed E-state index contributed by atoms with van der Waals surface area (Å²) in [6.07, 6.45) is 6.61. The number of hydrogen-bond acceptors (Lipinski definition) is 7. The van der Waals surface area contributed by atoms with Gasteiger partial charge in [0, 0.05) is 13.1 Å². The normalized spacial score (nSPS) is 21.2. The number of aliphatic hydroxyl groups is 2. The van der Waals surface area contributed by atoms with Crippen molar-refractivity contribution in [2.75, 3.05) is 26.3 Å². The molecule has 1 saturated carbocycles. The number of nitrogens with one attached hydrogen (secondary N) is 3. The topological polar surface area (TPSA) is 157 Å². The van der Waals surface area contributed by atoms with Crippen molar-refractivity contribution in [2.45, 2.75) is 115 Å². The zero-order valence-corrected chi connectivity index (χ0v) is 25.3. The van der Waals surface area contributed by atoms with Crippen LogP contribution in [0.15, 0.2) is 12.7 Å². The third-order valence-corrected chi connectivity index (χ3v) is 9.32. The lowest BCUT2D eigenvalue weighted by Crippen LogP contribution is -2.58. The number of ether oxygens (including phenoxy) is 1. The van der Waals surface area contributed by atoms with Crippen molar-refractivity contribution in [3.63, 3.8) is 0 Å². The van der Waals surface area contributed by atoms with Crippen LogP contribution in [0.25, 0.3) is 0 Å². The van der Waals surface area contributed by atoms with Gasteiger partial charge in [-0.1, -0.05) is 65.4 Å². The average molecular weight is 589 g/mol. The Kier molecular flexibility index (Phi) is 15.1. The Morgan fingerprint density at radius 2 is 1.68 bits per heavy atom. The minimum Gasteiger partial charge on any atom is -0.390 e. The van der Waals surface area contributed by atoms with E-state index >= 15 is 0 Å². The van der Waals surface area contributed by atoms with E-state index in [-0.39, 0.29) is 45.1 Å². The Balaban J connectivity index is 2.14. The first kappa shape index (κ1) is 34.6. The maximum atomic E-state index is 13.5. The second-order valence-corrected chi connectivity index (χ2v) is 13.3. The molecule has 0 aromatic carbocycles. The second-order valence-electron chi connectivity index (χ2n) is 11.6. The van der Waals surface area contributed by atoms with Crippen LogP contribution in [-0.2, 0) is 24.5 Å². The summed E-state index contributed by atoms with van der Waals surface area (Å²) in [5, 5.41) is 27.3. The fraction of sp³-hybridized carbons (Fsp3) is 0.857. The van der Waals surface area contributed by atoms with Crippen LogP contribution in [0.3, 0.4) is 0 Å². The molecule has 232 valence electrons. The highest BCUT2D eigenvalue weighted by Crippen LogP contribution is 2.29. The molecule has 5 atom stereocenters. The zero-order valence-electron chi connectivity index (χ0n) is 24.5. The quantitative estimate of drug-likeness (QED) is 0.162. The highest BCUT2D eigenvalue weighted by molar-refractivity contribution is 7.87. The van der Waals surface area contributed by atoms with Gasteiger partial charge in [0.15, 0.2) is 0 Å². The maximum absolute atomic E-state index is 13.5. The summed E-state index contributed by atoms with van der Waals surface area (Å²) in [7, 11) is -3.92. The number of carbonyl (C=O) groups excluding carboxylic acids is 2. The SMILES string of the molecule is C=CC[C@H](NC(=O)[C@H](CCC)NS(=O)(=O)N1CCOCC1)C(=O)N[C@H](CC1CCCCC1)[C@H](O)[C@H](O)CC(C)C. The molecular weight excluding hydrogens is 536 g/mol. The molecule has 2 fully saturated rings. The molecule has 12 heteroatoms. The average Bonchev–Trinajstić information content (AvgIpc) is 2.92. The number of aliphatic hydroxyl groups excluding tert-OH is 2. The molecule has 40 heavy (non-hydrogen) atoms. The Morgan fingerprint density at radius 1 is 1.05 bits per heavy atom. The minimum absolute atomic E-state index is 0.118. The summed E-state index contributed by atoms with van der Waals surface area (Å²) in [6.45, 7) is 10.4. The maximum Gasteiger partial charge on any atom is 0.280 e. The van der Waals surface area contributed by atoms with Gasteiger partial charge in [-0.2, -0.15) is 17.4 Å². The second kappa shape index (κ2) is 17.4. The monoisotopic (exact) mass is 588 g/mol. The van der Waals surface area contributed by atoms with Gasteiger partial charge in [-0.15, -0.1) is 6.58 Å². The number of rotatable bonds is 17. The number of hydrogen-bond donors (Lipinski definition) is 5. The standard InChI is InChI=1S/C28H52N4O7S/c1-5-10-22(29-28(36)23(11-6-2)31-40(37,38)32-14-16-39-17-15-32)27(35)30-24(19-21-12-8-7-9-13-21)26(34)25(33)18-20(3)4/h5,20-26,31,33-34H,1,6-19H2,2-4H3,(H,29,36)(H,30,35)/t22-,23-,24+,25+,26-/m0/s1. The molecule has 2 rings (SSSR count). The first-order valence-corrected chi connectivity index (χ1v) is 16.3. The largest absolute Gasteiger partial charge is 0.390 e. The molecule has 11 nitrogen and oxygen atoms in total. The number of nitrogens with zero attached hydrogens (tertiary/aromatic N) is 1. The van der Waals surface area contributed by atoms with Crippen molar-refractivity contribution in [1.82, 2.24) is 19.7 Å². The lowest BCUT2D eigenvalue weighted by atomic mass is 9.82. The molecular formula is C28H52N4O7S.